The maximum atomic E-state index is 12.3. The Balaban J connectivity index is 1.82. The van der Waals surface area contributed by atoms with E-state index in [2.05, 4.69) is 5.32 Å². The zero-order chi connectivity index (χ0) is 16.2. The predicted octanol–water partition coefficient (Wildman–Crippen LogP) is 4.96. The summed E-state index contributed by atoms with van der Waals surface area (Å²) in [6.45, 7) is 0. The van der Waals surface area contributed by atoms with Gasteiger partial charge in [0.25, 0.3) is 5.91 Å². The second-order valence-corrected chi connectivity index (χ2v) is 5.53. The van der Waals surface area contributed by atoms with Gasteiger partial charge in [0.05, 0.1) is 0 Å². The van der Waals surface area contributed by atoms with Gasteiger partial charge in [0, 0.05) is 16.3 Å². The molecule has 0 heterocycles. The van der Waals surface area contributed by atoms with Crippen LogP contribution < -0.4 is 5.32 Å². The molecular formula is C19H14ClNO2. The fraction of sp³-hybridized carbons (Fsp3) is 0. The highest BCUT2D eigenvalue weighted by Crippen LogP contribution is 2.23. The summed E-state index contributed by atoms with van der Waals surface area (Å²) in [7, 11) is 0. The molecule has 0 saturated carbocycles. The van der Waals surface area contributed by atoms with Crippen LogP contribution in [0.2, 0.25) is 5.02 Å². The first kappa shape index (κ1) is 15.1. The van der Waals surface area contributed by atoms with Crippen LogP contribution in [0.3, 0.4) is 0 Å². The molecule has 0 spiro atoms. The van der Waals surface area contributed by atoms with E-state index in [9.17, 15) is 9.90 Å². The molecule has 0 fully saturated rings. The van der Waals surface area contributed by atoms with Gasteiger partial charge in [-0.3, -0.25) is 4.79 Å². The summed E-state index contributed by atoms with van der Waals surface area (Å²) in [5.74, 6) is -0.0424. The van der Waals surface area contributed by atoms with Crippen molar-refractivity contribution in [1.29, 1.82) is 0 Å². The molecule has 2 N–H and O–H groups in total. The summed E-state index contributed by atoms with van der Waals surface area (Å²) in [6, 6.07) is 21.2. The summed E-state index contributed by atoms with van der Waals surface area (Å²) < 4.78 is 0. The van der Waals surface area contributed by atoms with Crippen molar-refractivity contribution in [2.45, 2.75) is 0 Å². The summed E-state index contributed by atoms with van der Waals surface area (Å²) in [6.07, 6.45) is 0. The Morgan fingerprint density at radius 1 is 0.870 bits per heavy atom. The Kier molecular flexibility index (Phi) is 4.31. The van der Waals surface area contributed by atoms with E-state index in [-0.39, 0.29) is 11.7 Å². The predicted molar refractivity (Wildman–Crippen MR) is 92.9 cm³/mol. The van der Waals surface area contributed by atoms with Crippen LogP contribution in [-0.4, -0.2) is 11.0 Å². The molecule has 3 aromatic rings. The first-order valence-electron chi connectivity index (χ1n) is 7.08. The number of amides is 1. The lowest BCUT2D eigenvalue weighted by molar-refractivity contribution is 0.102. The van der Waals surface area contributed by atoms with E-state index in [1.165, 1.54) is 12.1 Å². The normalized spacial score (nSPS) is 10.3. The average Bonchev–Trinajstić information content (AvgIpc) is 2.58. The van der Waals surface area contributed by atoms with Crippen LogP contribution in [0.15, 0.2) is 72.8 Å². The SMILES string of the molecule is O=C(Nc1ccc(O)cc1)c1cccc(-c2ccc(Cl)cc2)c1. The highest BCUT2D eigenvalue weighted by molar-refractivity contribution is 6.30. The molecule has 0 saturated heterocycles. The molecule has 0 bridgehead atoms. The number of anilines is 1. The third-order valence-corrected chi connectivity index (χ3v) is 3.68. The Morgan fingerprint density at radius 3 is 2.26 bits per heavy atom. The standard InChI is InChI=1S/C19H14ClNO2/c20-16-6-4-13(5-7-16)14-2-1-3-15(12-14)19(23)21-17-8-10-18(22)11-9-17/h1-12,22H,(H,21,23). The summed E-state index contributed by atoms with van der Waals surface area (Å²) in [4.78, 5) is 12.3. The molecule has 3 rings (SSSR count). The van der Waals surface area contributed by atoms with Crippen molar-refractivity contribution in [1.82, 2.24) is 0 Å². The van der Waals surface area contributed by atoms with Crippen LogP contribution >= 0.6 is 11.6 Å². The molecule has 3 aromatic carbocycles. The number of hydrogen-bond donors (Lipinski definition) is 2. The molecule has 23 heavy (non-hydrogen) atoms. The first-order valence-corrected chi connectivity index (χ1v) is 7.46. The number of phenolic OH excluding ortho intramolecular Hbond substituents is 1. The van der Waals surface area contributed by atoms with E-state index in [1.807, 2.05) is 42.5 Å². The molecular weight excluding hydrogens is 310 g/mol. The fourth-order valence-electron chi connectivity index (χ4n) is 2.23. The van der Waals surface area contributed by atoms with Crippen LogP contribution in [0.25, 0.3) is 11.1 Å². The maximum Gasteiger partial charge on any atom is 0.255 e. The smallest absolute Gasteiger partial charge is 0.255 e. The van der Waals surface area contributed by atoms with Crippen molar-refractivity contribution in [3.63, 3.8) is 0 Å². The Labute approximate surface area is 139 Å². The molecule has 0 unspecified atom stereocenters. The lowest BCUT2D eigenvalue weighted by Crippen LogP contribution is -2.11. The molecule has 0 aromatic heterocycles. The monoisotopic (exact) mass is 323 g/mol. The van der Waals surface area contributed by atoms with Crippen LogP contribution in [0.4, 0.5) is 5.69 Å². The van der Waals surface area contributed by atoms with Crippen LogP contribution in [-0.2, 0) is 0 Å². The van der Waals surface area contributed by atoms with Gasteiger partial charge in [-0.1, -0.05) is 35.9 Å². The van der Waals surface area contributed by atoms with E-state index in [1.54, 1.807) is 18.2 Å². The van der Waals surface area contributed by atoms with Gasteiger partial charge in [-0.25, -0.2) is 0 Å². The lowest BCUT2D eigenvalue weighted by atomic mass is 10.0. The van der Waals surface area contributed by atoms with Crippen LogP contribution in [0.5, 0.6) is 5.75 Å². The van der Waals surface area contributed by atoms with Gasteiger partial charge in [0.15, 0.2) is 0 Å². The molecule has 4 heteroatoms. The van der Waals surface area contributed by atoms with Gasteiger partial charge < -0.3 is 10.4 Å². The van der Waals surface area contributed by atoms with Crippen LogP contribution in [0.1, 0.15) is 10.4 Å². The molecule has 0 aliphatic carbocycles. The molecule has 1 amide bonds. The van der Waals surface area contributed by atoms with Crippen molar-refractivity contribution in [2.75, 3.05) is 5.32 Å². The van der Waals surface area contributed by atoms with Gasteiger partial charge in [0.2, 0.25) is 0 Å². The molecule has 0 atom stereocenters. The Morgan fingerprint density at radius 2 is 1.57 bits per heavy atom. The van der Waals surface area contributed by atoms with Gasteiger partial charge in [0.1, 0.15) is 5.75 Å². The van der Waals surface area contributed by atoms with Gasteiger partial charge >= 0.3 is 0 Å². The van der Waals surface area contributed by atoms with Crippen molar-refractivity contribution in [2.24, 2.45) is 0 Å². The minimum Gasteiger partial charge on any atom is -0.508 e. The quantitative estimate of drug-likeness (QED) is 0.669. The van der Waals surface area contributed by atoms with Crippen molar-refractivity contribution in [3.8, 4) is 16.9 Å². The second kappa shape index (κ2) is 6.55. The Hall–Kier alpha value is -2.78. The topological polar surface area (TPSA) is 49.3 Å². The second-order valence-electron chi connectivity index (χ2n) is 5.09. The summed E-state index contributed by atoms with van der Waals surface area (Å²) in [5, 5.41) is 12.7. The minimum absolute atomic E-state index is 0.160. The van der Waals surface area contributed by atoms with Crippen molar-refractivity contribution in [3.05, 3.63) is 83.4 Å². The lowest BCUT2D eigenvalue weighted by Gasteiger charge is -2.08. The number of benzene rings is 3. The highest BCUT2D eigenvalue weighted by atomic mass is 35.5. The van der Waals surface area contributed by atoms with Crippen molar-refractivity contribution >= 4 is 23.2 Å². The van der Waals surface area contributed by atoms with Gasteiger partial charge in [-0.2, -0.15) is 0 Å². The highest BCUT2D eigenvalue weighted by Gasteiger charge is 2.08. The fourth-order valence-corrected chi connectivity index (χ4v) is 2.36. The first-order chi connectivity index (χ1) is 11.1. The number of carbonyl (C=O) groups is 1. The molecule has 0 radical (unpaired) electrons. The summed E-state index contributed by atoms with van der Waals surface area (Å²) in [5.41, 5.74) is 3.13. The minimum atomic E-state index is -0.202. The third-order valence-electron chi connectivity index (χ3n) is 3.43. The van der Waals surface area contributed by atoms with E-state index in [0.717, 1.165) is 11.1 Å². The number of carbonyl (C=O) groups excluding carboxylic acids is 1. The zero-order valence-electron chi connectivity index (χ0n) is 12.2. The third kappa shape index (κ3) is 3.71. The largest absolute Gasteiger partial charge is 0.508 e. The molecule has 0 aliphatic heterocycles. The molecule has 0 aliphatic rings. The Bertz CT molecular complexity index is 827. The van der Waals surface area contributed by atoms with E-state index in [0.29, 0.717) is 16.3 Å². The summed E-state index contributed by atoms with van der Waals surface area (Å²) >= 11 is 5.90. The van der Waals surface area contributed by atoms with Gasteiger partial charge in [-0.05, 0) is 59.7 Å². The van der Waals surface area contributed by atoms with E-state index >= 15 is 0 Å². The van der Waals surface area contributed by atoms with E-state index < -0.39 is 0 Å². The van der Waals surface area contributed by atoms with E-state index in [4.69, 9.17) is 11.6 Å². The number of rotatable bonds is 3. The molecule has 114 valence electrons. The number of aromatic hydroxyl groups is 1. The number of phenols is 1. The van der Waals surface area contributed by atoms with Crippen LogP contribution in [0, 0.1) is 0 Å². The van der Waals surface area contributed by atoms with Crippen molar-refractivity contribution < 1.29 is 9.90 Å². The number of halogens is 1. The molecule has 3 nitrogen and oxygen atoms in total. The maximum absolute atomic E-state index is 12.3. The average molecular weight is 324 g/mol. The zero-order valence-corrected chi connectivity index (χ0v) is 12.9. The number of nitrogens with one attached hydrogen (secondary N) is 1. The van der Waals surface area contributed by atoms with Gasteiger partial charge in [-0.15, -0.1) is 0 Å². The number of hydrogen-bond acceptors (Lipinski definition) is 2.